The van der Waals surface area contributed by atoms with Crippen molar-refractivity contribution in [2.24, 2.45) is 0 Å². The van der Waals surface area contributed by atoms with Gasteiger partial charge in [-0.25, -0.2) is 9.97 Å². The number of aromatic nitrogens is 2. The van der Waals surface area contributed by atoms with E-state index in [-0.39, 0.29) is 5.69 Å². The van der Waals surface area contributed by atoms with Crippen LogP contribution >= 0.6 is 0 Å². The van der Waals surface area contributed by atoms with Crippen molar-refractivity contribution < 1.29 is 4.92 Å². The average molecular weight is 286 g/mol. The lowest BCUT2D eigenvalue weighted by Crippen LogP contribution is -2.08. The highest BCUT2D eigenvalue weighted by Gasteiger charge is 2.12. The summed E-state index contributed by atoms with van der Waals surface area (Å²) < 4.78 is 0. The molecule has 1 heterocycles. The minimum Gasteiger partial charge on any atom is -0.370 e. The highest BCUT2D eigenvalue weighted by atomic mass is 16.6. The van der Waals surface area contributed by atoms with E-state index in [1.807, 2.05) is 13.8 Å². The third-order valence-corrected chi connectivity index (χ3v) is 3.25. The van der Waals surface area contributed by atoms with Crippen LogP contribution in [-0.4, -0.2) is 21.4 Å². The summed E-state index contributed by atoms with van der Waals surface area (Å²) in [5.41, 5.74) is 2.86. The van der Waals surface area contributed by atoms with Crippen molar-refractivity contribution in [3.8, 4) is 11.4 Å². The minimum absolute atomic E-state index is 0.0626. The van der Waals surface area contributed by atoms with Gasteiger partial charge in [-0.05, 0) is 32.4 Å². The Morgan fingerprint density at radius 3 is 2.38 bits per heavy atom. The van der Waals surface area contributed by atoms with Crippen LogP contribution in [0.15, 0.2) is 24.3 Å². The monoisotopic (exact) mass is 286 g/mol. The van der Waals surface area contributed by atoms with Crippen molar-refractivity contribution in [1.29, 1.82) is 0 Å². The zero-order valence-corrected chi connectivity index (χ0v) is 12.4. The number of anilines is 1. The van der Waals surface area contributed by atoms with Crippen LogP contribution in [0.4, 0.5) is 11.5 Å². The van der Waals surface area contributed by atoms with E-state index >= 15 is 0 Å². The zero-order chi connectivity index (χ0) is 15.4. The number of rotatable bonds is 5. The van der Waals surface area contributed by atoms with Crippen molar-refractivity contribution in [2.75, 3.05) is 11.9 Å². The van der Waals surface area contributed by atoms with Gasteiger partial charge in [0.15, 0.2) is 5.82 Å². The van der Waals surface area contributed by atoms with Crippen molar-refractivity contribution in [1.82, 2.24) is 9.97 Å². The second-order valence-electron chi connectivity index (χ2n) is 4.65. The maximum absolute atomic E-state index is 10.7. The van der Waals surface area contributed by atoms with Crippen LogP contribution in [0.3, 0.4) is 0 Å². The van der Waals surface area contributed by atoms with E-state index in [4.69, 9.17) is 0 Å². The fourth-order valence-corrected chi connectivity index (χ4v) is 2.19. The van der Waals surface area contributed by atoms with E-state index in [2.05, 4.69) is 22.2 Å². The fourth-order valence-electron chi connectivity index (χ4n) is 2.19. The molecule has 0 bridgehead atoms. The summed E-state index contributed by atoms with van der Waals surface area (Å²) in [4.78, 5) is 19.3. The molecule has 1 N–H and O–H groups in total. The largest absolute Gasteiger partial charge is 0.370 e. The van der Waals surface area contributed by atoms with Gasteiger partial charge in [0.05, 0.1) is 4.92 Å². The molecular formula is C15H18N4O2. The van der Waals surface area contributed by atoms with Gasteiger partial charge in [-0.15, -0.1) is 0 Å². The molecule has 0 aliphatic carbocycles. The average Bonchev–Trinajstić information content (AvgIpc) is 2.47. The molecule has 0 aliphatic heterocycles. The quantitative estimate of drug-likeness (QED) is 0.673. The molecule has 0 saturated heterocycles. The lowest BCUT2D eigenvalue weighted by molar-refractivity contribution is -0.384. The van der Waals surface area contributed by atoms with Crippen LogP contribution in [-0.2, 0) is 6.42 Å². The molecule has 0 atom stereocenters. The Morgan fingerprint density at radius 1 is 1.19 bits per heavy atom. The lowest BCUT2D eigenvalue weighted by Gasteiger charge is -2.12. The molecule has 6 heteroatoms. The normalized spacial score (nSPS) is 10.4. The van der Waals surface area contributed by atoms with Gasteiger partial charge < -0.3 is 5.32 Å². The Kier molecular flexibility index (Phi) is 4.47. The van der Waals surface area contributed by atoms with Crippen LogP contribution in [0.5, 0.6) is 0 Å². The van der Waals surface area contributed by atoms with Gasteiger partial charge >= 0.3 is 0 Å². The summed E-state index contributed by atoms with van der Waals surface area (Å²) in [6.07, 6.45) is 0.856. The second-order valence-corrected chi connectivity index (χ2v) is 4.65. The summed E-state index contributed by atoms with van der Waals surface area (Å²) in [5.74, 6) is 1.41. The fraction of sp³-hybridized carbons (Fsp3) is 0.333. The molecule has 110 valence electrons. The Balaban J connectivity index is 2.46. The van der Waals surface area contributed by atoms with E-state index in [0.29, 0.717) is 5.82 Å². The summed E-state index contributed by atoms with van der Waals surface area (Å²) in [7, 11) is 0. The van der Waals surface area contributed by atoms with Crippen LogP contribution < -0.4 is 5.32 Å². The van der Waals surface area contributed by atoms with Crippen LogP contribution in [0, 0.1) is 17.0 Å². The van der Waals surface area contributed by atoms with Crippen LogP contribution in [0.1, 0.15) is 25.1 Å². The summed E-state index contributed by atoms with van der Waals surface area (Å²) in [5, 5.41) is 13.9. The van der Waals surface area contributed by atoms with Crippen molar-refractivity contribution in [2.45, 2.75) is 27.2 Å². The number of nitro benzene ring substituents is 1. The Hall–Kier alpha value is -2.50. The molecule has 1 aromatic heterocycles. The van der Waals surface area contributed by atoms with Crippen molar-refractivity contribution >= 4 is 11.5 Å². The minimum atomic E-state index is -0.417. The Labute approximate surface area is 123 Å². The Bertz CT molecular complexity index is 653. The highest BCUT2D eigenvalue weighted by molar-refractivity contribution is 5.61. The molecule has 0 aliphatic rings. The molecule has 2 aromatic rings. The summed E-state index contributed by atoms with van der Waals surface area (Å²) in [6.45, 7) is 6.82. The number of aryl methyl sites for hydroxylation is 1. The van der Waals surface area contributed by atoms with Gasteiger partial charge in [0.2, 0.25) is 0 Å². The van der Waals surface area contributed by atoms with Gasteiger partial charge in [0.1, 0.15) is 5.82 Å². The van der Waals surface area contributed by atoms with Crippen LogP contribution in [0.2, 0.25) is 0 Å². The molecule has 6 nitrogen and oxygen atoms in total. The summed E-state index contributed by atoms with van der Waals surface area (Å²) >= 11 is 0. The molecule has 21 heavy (non-hydrogen) atoms. The smallest absolute Gasteiger partial charge is 0.269 e. The maximum Gasteiger partial charge on any atom is 0.269 e. The Morgan fingerprint density at radius 2 is 1.86 bits per heavy atom. The van der Waals surface area contributed by atoms with E-state index in [1.54, 1.807) is 12.1 Å². The van der Waals surface area contributed by atoms with Gasteiger partial charge in [0.25, 0.3) is 5.69 Å². The van der Waals surface area contributed by atoms with Gasteiger partial charge in [-0.2, -0.15) is 0 Å². The third kappa shape index (κ3) is 3.16. The van der Waals surface area contributed by atoms with Gasteiger partial charge in [0, 0.05) is 35.5 Å². The SMILES string of the molecule is CCNc1nc(-c2ccc([N+](=O)[O-])cc2)nc(C)c1CC. The van der Waals surface area contributed by atoms with Crippen molar-refractivity contribution in [3.05, 3.63) is 45.6 Å². The first-order chi connectivity index (χ1) is 10.1. The molecular weight excluding hydrogens is 268 g/mol. The predicted molar refractivity (Wildman–Crippen MR) is 82.4 cm³/mol. The van der Waals surface area contributed by atoms with Gasteiger partial charge in [-0.3, -0.25) is 10.1 Å². The number of hydrogen-bond donors (Lipinski definition) is 1. The molecule has 0 fully saturated rings. The number of hydrogen-bond acceptors (Lipinski definition) is 5. The molecule has 0 unspecified atom stereocenters. The topological polar surface area (TPSA) is 81.0 Å². The molecule has 0 amide bonds. The highest BCUT2D eigenvalue weighted by Crippen LogP contribution is 2.24. The van der Waals surface area contributed by atoms with Gasteiger partial charge in [-0.1, -0.05) is 6.92 Å². The van der Waals surface area contributed by atoms with Crippen LogP contribution in [0.25, 0.3) is 11.4 Å². The molecule has 0 spiro atoms. The number of benzene rings is 1. The number of nitrogens with one attached hydrogen (secondary N) is 1. The first-order valence-electron chi connectivity index (χ1n) is 6.93. The molecule has 1 aromatic carbocycles. The van der Waals surface area contributed by atoms with E-state index < -0.39 is 4.92 Å². The standard InChI is InChI=1S/C15H18N4O2/c1-4-13-10(3)17-14(18-15(13)16-5-2)11-6-8-12(9-7-11)19(20)21/h6-9H,4-5H2,1-3H3,(H,16,17,18). The maximum atomic E-state index is 10.7. The van der Waals surface area contributed by atoms with E-state index in [9.17, 15) is 10.1 Å². The molecule has 0 radical (unpaired) electrons. The first-order valence-corrected chi connectivity index (χ1v) is 6.93. The summed E-state index contributed by atoms with van der Waals surface area (Å²) in [6, 6.07) is 6.28. The zero-order valence-electron chi connectivity index (χ0n) is 12.4. The number of nitro groups is 1. The number of non-ortho nitro benzene ring substituents is 1. The van der Waals surface area contributed by atoms with E-state index in [1.165, 1.54) is 12.1 Å². The second kappa shape index (κ2) is 6.30. The predicted octanol–water partition coefficient (Wildman–Crippen LogP) is 3.35. The number of nitrogens with zero attached hydrogens (tertiary/aromatic N) is 3. The van der Waals surface area contributed by atoms with E-state index in [0.717, 1.165) is 35.6 Å². The first kappa shape index (κ1) is 14.9. The van der Waals surface area contributed by atoms with Crippen molar-refractivity contribution in [3.63, 3.8) is 0 Å². The molecule has 2 rings (SSSR count). The molecule has 0 saturated carbocycles. The third-order valence-electron chi connectivity index (χ3n) is 3.25. The lowest BCUT2D eigenvalue weighted by atomic mass is 10.1.